The second-order valence-electron chi connectivity index (χ2n) is 6.41. The molecule has 0 saturated heterocycles. The molecule has 160 valence electrons. The molecule has 0 radical (unpaired) electrons. The number of benzene rings is 3. The lowest BCUT2D eigenvalue weighted by atomic mass is 10.2. The number of rotatable bonds is 8. The van der Waals surface area contributed by atoms with Crippen LogP contribution < -0.4 is 20.6 Å². The predicted octanol–water partition coefficient (Wildman–Crippen LogP) is 4.37. The van der Waals surface area contributed by atoms with E-state index in [0.717, 1.165) is 5.56 Å². The fourth-order valence-electron chi connectivity index (χ4n) is 2.60. The van der Waals surface area contributed by atoms with Crippen molar-refractivity contribution in [2.75, 3.05) is 5.43 Å². The Morgan fingerprint density at radius 3 is 2.41 bits per heavy atom. The summed E-state index contributed by atoms with van der Waals surface area (Å²) in [4.78, 5) is 12.6. The summed E-state index contributed by atoms with van der Waals surface area (Å²) < 4.78 is 11.5. The molecule has 0 spiro atoms. The van der Waals surface area contributed by atoms with Gasteiger partial charge in [-0.05, 0) is 23.8 Å². The smallest absolute Gasteiger partial charge is 0.343 e. The van der Waals surface area contributed by atoms with E-state index >= 15 is 0 Å². The third-order valence-corrected chi connectivity index (χ3v) is 4.33. The fourth-order valence-corrected chi connectivity index (χ4v) is 2.81. The molecule has 0 atom stereocenters. The van der Waals surface area contributed by atoms with Crippen molar-refractivity contribution in [3.8, 4) is 17.6 Å². The first-order chi connectivity index (χ1) is 15.5. The third-order valence-electron chi connectivity index (χ3n) is 4.11. The number of carbonyl (C=O) groups excluding carboxylic acids is 1. The topological polar surface area (TPSA) is 134 Å². The van der Waals surface area contributed by atoms with Gasteiger partial charge in [-0.3, -0.25) is 10.8 Å². The summed E-state index contributed by atoms with van der Waals surface area (Å²) in [6, 6.07) is 22.5. The molecule has 0 fully saturated rings. The van der Waals surface area contributed by atoms with Crippen molar-refractivity contribution in [1.29, 1.82) is 10.7 Å². The molecule has 0 aliphatic rings. The van der Waals surface area contributed by atoms with Gasteiger partial charge in [0.2, 0.25) is 5.71 Å². The van der Waals surface area contributed by atoms with Crippen LogP contribution in [0.25, 0.3) is 0 Å². The van der Waals surface area contributed by atoms with Crippen molar-refractivity contribution in [2.24, 2.45) is 10.8 Å². The van der Waals surface area contributed by atoms with Gasteiger partial charge in [-0.1, -0.05) is 60.1 Å². The molecule has 0 aromatic heterocycles. The molecule has 0 amide bonds. The van der Waals surface area contributed by atoms with Gasteiger partial charge in [-0.15, -0.1) is 0 Å². The van der Waals surface area contributed by atoms with Gasteiger partial charge in [0.05, 0.1) is 5.56 Å². The van der Waals surface area contributed by atoms with E-state index in [9.17, 15) is 4.79 Å². The summed E-state index contributed by atoms with van der Waals surface area (Å²) in [6.45, 7) is 0.161. The summed E-state index contributed by atoms with van der Waals surface area (Å²) in [6.07, 6.45) is 0. The summed E-state index contributed by atoms with van der Waals surface area (Å²) in [7, 11) is 0. The predicted molar refractivity (Wildman–Crippen MR) is 122 cm³/mol. The number of hydrogen-bond acceptors (Lipinski definition) is 7. The van der Waals surface area contributed by atoms with Gasteiger partial charge in [0.15, 0.2) is 17.3 Å². The molecule has 3 aromatic rings. The average Bonchev–Trinajstić information content (AvgIpc) is 2.80. The summed E-state index contributed by atoms with van der Waals surface area (Å²) in [5.41, 5.74) is 9.07. The number of carbonyl (C=O) groups is 1. The molecule has 3 aromatic carbocycles. The first kappa shape index (κ1) is 22.3. The van der Waals surface area contributed by atoms with E-state index in [4.69, 9.17) is 37.5 Å². The van der Waals surface area contributed by atoms with Crippen LogP contribution in [0.2, 0.25) is 5.02 Å². The Hall–Kier alpha value is -4.35. The molecule has 32 heavy (non-hydrogen) atoms. The Balaban J connectivity index is 1.98. The lowest BCUT2D eigenvalue weighted by Crippen LogP contribution is -2.22. The van der Waals surface area contributed by atoms with E-state index in [1.54, 1.807) is 36.4 Å². The number of ether oxygens (including phenoxy) is 2. The Bertz CT molecular complexity index is 1190. The molecule has 9 heteroatoms. The number of nitriles is 1. The monoisotopic (exact) mass is 447 g/mol. The lowest BCUT2D eigenvalue weighted by Gasteiger charge is -2.16. The molecule has 0 unspecified atom stereocenters. The van der Waals surface area contributed by atoms with Gasteiger partial charge in [-0.2, -0.15) is 10.4 Å². The number of esters is 1. The second kappa shape index (κ2) is 10.6. The van der Waals surface area contributed by atoms with Crippen LogP contribution in [-0.4, -0.2) is 17.5 Å². The quantitative estimate of drug-likeness (QED) is 0.154. The zero-order chi connectivity index (χ0) is 22.9. The number of hydrogen-bond donors (Lipinski definition) is 3. The van der Waals surface area contributed by atoms with E-state index in [2.05, 4.69) is 10.5 Å². The molecular formula is C23H18ClN5O3. The molecule has 0 aliphatic heterocycles. The van der Waals surface area contributed by atoms with Crippen molar-refractivity contribution in [3.05, 3.63) is 88.9 Å². The van der Waals surface area contributed by atoms with Gasteiger partial charge in [0, 0.05) is 11.1 Å². The first-order valence-corrected chi connectivity index (χ1v) is 9.71. The number of hydrazone groups is 1. The zero-order valence-electron chi connectivity index (χ0n) is 16.7. The van der Waals surface area contributed by atoms with Crippen molar-refractivity contribution in [1.82, 2.24) is 0 Å². The van der Waals surface area contributed by atoms with E-state index in [0.29, 0.717) is 5.56 Å². The number of anilines is 1. The molecule has 0 heterocycles. The molecule has 3 rings (SSSR count). The molecule has 0 saturated carbocycles. The molecule has 0 bridgehead atoms. The minimum Gasteiger partial charge on any atom is -0.483 e. The minimum atomic E-state index is -0.603. The van der Waals surface area contributed by atoms with Crippen LogP contribution >= 0.6 is 11.6 Å². The van der Waals surface area contributed by atoms with E-state index < -0.39 is 11.8 Å². The van der Waals surface area contributed by atoms with Crippen LogP contribution in [-0.2, 0) is 6.61 Å². The second-order valence-corrected chi connectivity index (χ2v) is 6.84. The normalized spacial score (nSPS) is 10.7. The summed E-state index contributed by atoms with van der Waals surface area (Å²) >= 11 is 6.21. The van der Waals surface area contributed by atoms with Crippen LogP contribution in [0, 0.1) is 16.7 Å². The van der Waals surface area contributed by atoms with Gasteiger partial charge in [0.25, 0.3) is 0 Å². The number of amidine groups is 1. The molecule has 8 nitrogen and oxygen atoms in total. The van der Waals surface area contributed by atoms with Gasteiger partial charge in [-0.25, -0.2) is 4.79 Å². The number of nitrogens with zero attached hydrogens (tertiary/aromatic N) is 2. The van der Waals surface area contributed by atoms with Gasteiger partial charge in [0.1, 0.15) is 18.4 Å². The maximum Gasteiger partial charge on any atom is 0.343 e. The van der Waals surface area contributed by atoms with Crippen LogP contribution in [0.15, 0.2) is 77.9 Å². The largest absolute Gasteiger partial charge is 0.483 e. The SMILES string of the molecule is N#C/C(=N\Nc1cc(Cl)cc(OC(=O)c2ccccc2)c1OCc1ccccc1)C(=N)N. The highest BCUT2D eigenvalue weighted by molar-refractivity contribution is 6.45. The third kappa shape index (κ3) is 5.84. The van der Waals surface area contributed by atoms with E-state index in [1.165, 1.54) is 12.1 Å². The van der Waals surface area contributed by atoms with Crippen LogP contribution in [0.5, 0.6) is 11.5 Å². The highest BCUT2D eigenvalue weighted by Gasteiger charge is 2.18. The lowest BCUT2D eigenvalue weighted by molar-refractivity contribution is 0.0728. The maximum atomic E-state index is 12.6. The van der Waals surface area contributed by atoms with E-state index in [1.807, 2.05) is 30.3 Å². The molecule has 4 N–H and O–H groups in total. The number of halogens is 1. The first-order valence-electron chi connectivity index (χ1n) is 9.33. The standard InChI is InChI=1S/C23H18ClN5O3/c24-17-11-18(28-29-19(13-25)22(26)27)21(31-14-15-7-3-1-4-8-15)20(12-17)32-23(30)16-9-5-2-6-10-16/h1-12,28H,14H2,(H3,26,27)/b29-19+. The zero-order valence-corrected chi connectivity index (χ0v) is 17.5. The van der Waals surface area contributed by atoms with Crippen LogP contribution in [0.4, 0.5) is 5.69 Å². The summed E-state index contributed by atoms with van der Waals surface area (Å²) in [5.74, 6) is -0.911. The van der Waals surface area contributed by atoms with Crippen molar-refractivity contribution in [3.63, 3.8) is 0 Å². The Morgan fingerprint density at radius 2 is 1.78 bits per heavy atom. The van der Waals surface area contributed by atoms with Gasteiger partial charge < -0.3 is 15.2 Å². The van der Waals surface area contributed by atoms with Crippen molar-refractivity contribution in [2.45, 2.75) is 6.61 Å². The van der Waals surface area contributed by atoms with Crippen molar-refractivity contribution < 1.29 is 14.3 Å². The Kier molecular flexibility index (Phi) is 7.41. The average molecular weight is 448 g/mol. The Labute approximate surface area is 189 Å². The van der Waals surface area contributed by atoms with E-state index in [-0.39, 0.29) is 34.5 Å². The highest BCUT2D eigenvalue weighted by atomic mass is 35.5. The maximum absolute atomic E-state index is 12.6. The van der Waals surface area contributed by atoms with Crippen molar-refractivity contribution >= 4 is 34.8 Å². The Morgan fingerprint density at radius 1 is 1.12 bits per heavy atom. The summed E-state index contributed by atoms with van der Waals surface area (Å²) in [5, 5.41) is 20.5. The highest BCUT2D eigenvalue weighted by Crippen LogP contribution is 2.39. The number of nitrogens with one attached hydrogen (secondary N) is 2. The fraction of sp³-hybridized carbons (Fsp3) is 0.0435. The molecule has 0 aliphatic carbocycles. The van der Waals surface area contributed by atoms with Gasteiger partial charge >= 0.3 is 5.97 Å². The molecular weight excluding hydrogens is 430 g/mol. The number of nitrogens with two attached hydrogens (primary N) is 1. The van der Waals surface area contributed by atoms with Crippen LogP contribution in [0.1, 0.15) is 15.9 Å². The minimum absolute atomic E-state index is 0.0568. The van der Waals surface area contributed by atoms with Crippen LogP contribution in [0.3, 0.4) is 0 Å².